The maximum Gasteiger partial charge on any atom is 0.198 e. The Morgan fingerprint density at radius 2 is 0.505 bits per heavy atom. The lowest BCUT2D eigenvalue weighted by Crippen LogP contribution is -2.35. The van der Waals surface area contributed by atoms with E-state index in [1.165, 1.54) is 33.4 Å². The Balaban J connectivity index is 0.000000193. The second-order valence-electron chi connectivity index (χ2n) is 23.4. The molecular formula is C76H77Br2N9O6. The lowest BCUT2D eigenvalue weighted by Gasteiger charge is -2.23. The van der Waals surface area contributed by atoms with Crippen LogP contribution >= 0.6 is 31.9 Å². The van der Waals surface area contributed by atoms with Crippen LogP contribution in [0.25, 0.3) is 0 Å². The molecule has 0 amide bonds. The summed E-state index contributed by atoms with van der Waals surface area (Å²) in [6.45, 7) is 8.00. The standard InChI is InChI=1S/C48H48N6O4.C20H21N3O2.C8H8Br2/c1-5-16-37(17-6-1)41-31-55-45(49-41)27-53(28-46-50-42(32-56-46)38-18-7-2-8-19-38)25-35-14-13-15-36(24-35)26-54(29-47-51-43(33-57-47)39-20-9-3-10-21-39)30-48-52-44(34-58-48)40-22-11-4-12-23-40;1-3-7-15(8-4-1)17-13-24-19(22-17)11-21-12-20-23-18(14-25-20)16-9-5-2-6-10-16;9-5-7-2-1-3-8(4-7)6-10/h1-24,41-44H,25-34H2;1-10,17-18,21H,11-14H2;1-4H,5-6H2/t41-,42-,43-,44-;17-,18-;/m00./s1. The normalized spacial score (nSPS) is 20.2. The first-order valence-corrected chi connectivity index (χ1v) is 34.1. The SMILES string of the molecule is BrCc1cccc(CBr)c1.c1ccc([C@@H]2COC(CN(CC3=N[C@H](c4ccccc4)CO3)Cc3cccc(CN(CC4=N[C@H](c5ccccc5)CO4)CC4=N[C@H](c5ccccc5)CO4)c3)=N2)cc1.c1ccc([C@@H]2COC(CNCC3=N[C@H](c4ccccc4)CO3)=N2)cc1. The van der Waals surface area contributed by atoms with Crippen LogP contribution in [0.3, 0.4) is 0 Å². The van der Waals surface area contributed by atoms with E-state index >= 15 is 0 Å². The number of nitrogens with one attached hydrogen (secondary N) is 1. The number of aliphatic imine (C=N–C) groups is 6. The number of benzene rings is 8. The van der Waals surface area contributed by atoms with Crippen LogP contribution in [-0.4, -0.2) is 124 Å². The van der Waals surface area contributed by atoms with E-state index in [4.69, 9.17) is 48.4 Å². The molecular weight excluding hydrogens is 1290 g/mol. The zero-order valence-electron chi connectivity index (χ0n) is 52.0. The van der Waals surface area contributed by atoms with E-state index in [2.05, 4.69) is 178 Å². The molecule has 0 aliphatic carbocycles. The van der Waals surface area contributed by atoms with Crippen molar-refractivity contribution < 1.29 is 28.4 Å². The summed E-state index contributed by atoms with van der Waals surface area (Å²) in [4.78, 5) is 33.9. The van der Waals surface area contributed by atoms with E-state index in [-0.39, 0.29) is 36.3 Å². The minimum Gasteiger partial charge on any atom is -0.477 e. The van der Waals surface area contributed by atoms with Gasteiger partial charge in [0.25, 0.3) is 0 Å². The number of hydrogen-bond acceptors (Lipinski definition) is 15. The van der Waals surface area contributed by atoms with Crippen molar-refractivity contribution in [2.45, 2.75) is 60.0 Å². The highest BCUT2D eigenvalue weighted by Gasteiger charge is 2.30. The second-order valence-corrected chi connectivity index (χ2v) is 24.5. The summed E-state index contributed by atoms with van der Waals surface area (Å²) in [6, 6.07) is 79.2. The highest BCUT2D eigenvalue weighted by atomic mass is 79.9. The summed E-state index contributed by atoms with van der Waals surface area (Å²) in [6.07, 6.45) is 0. The van der Waals surface area contributed by atoms with Gasteiger partial charge in [0.1, 0.15) is 75.9 Å². The quantitative estimate of drug-likeness (QED) is 0.0584. The zero-order chi connectivity index (χ0) is 63.2. The minimum atomic E-state index is -0.0114. The van der Waals surface area contributed by atoms with Gasteiger partial charge in [0.05, 0.1) is 39.3 Å². The minimum absolute atomic E-state index is 0.0114. The molecule has 0 unspecified atom stereocenters. The fraction of sp³-hybridized carbons (Fsp3) is 0.289. The first-order chi connectivity index (χ1) is 45.9. The maximum atomic E-state index is 6.19. The van der Waals surface area contributed by atoms with E-state index in [9.17, 15) is 0 Å². The van der Waals surface area contributed by atoms with Crippen molar-refractivity contribution in [2.75, 3.05) is 78.9 Å². The van der Waals surface area contributed by atoms with Crippen LogP contribution in [0.4, 0.5) is 0 Å². The Morgan fingerprint density at radius 1 is 0.280 bits per heavy atom. The van der Waals surface area contributed by atoms with Gasteiger partial charge in [-0.2, -0.15) is 0 Å². The van der Waals surface area contributed by atoms with Gasteiger partial charge in [-0.25, -0.2) is 30.0 Å². The maximum absolute atomic E-state index is 6.19. The van der Waals surface area contributed by atoms with Gasteiger partial charge in [0.15, 0.2) is 35.4 Å². The van der Waals surface area contributed by atoms with Crippen LogP contribution in [0, 0.1) is 0 Å². The molecule has 0 radical (unpaired) electrons. The highest BCUT2D eigenvalue weighted by molar-refractivity contribution is 9.08. The average molecular weight is 1370 g/mol. The molecule has 6 heterocycles. The third kappa shape index (κ3) is 18.8. The largest absolute Gasteiger partial charge is 0.477 e. The third-order valence-corrected chi connectivity index (χ3v) is 17.7. The molecule has 93 heavy (non-hydrogen) atoms. The lowest BCUT2D eigenvalue weighted by molar-refractivity contribution is 0.255. The molecule has 0 saturated carbocycles. The highest BCUT2D eigenvalue weighted by Crippen LogP contribution is 2.30. The smallest absolute Gasteiger partial charge is 0.198 e. The molecule has 476 valence electrons. The van der Waals surface area contributed by atoms with Crippen LogP contribution in [0.2, 0.25) is 0 Å². The predicted molar refractivity (Wildman–Crippen MR) is 377 cm³/mol. The molecule has 17 heteroatoms. The second kappa shape index (κ2) is 33.3. The molecule has 0 fully saturated rings. The van der Waals surface area contributed by atoms with Gasteiger partial charge in [-0.15, -0.1) is 0 Å². The van der Waals surface area contributed by atoms with Crippen molar-refractivity contribution >= 4 is 67.2 Å². The Hall–Kier alpha value is -8.58. The molecule has 6 aliphatic heterocycles. The van der Waals surface area contributed by atoms with Crippen LogP contribution in [0.15, 0.2) is 260 Å². The topological polar surface area (TPSA) is 148 Å². The van der Waals surface area contributed by atoms with E-state index in [1.54, 1.807) is 0 Å². The average Bonchev–Trinajstić information content (AvgIpc) is 3.06. The molecule has 8 aromatic rings. The molecule has 14 rings (SSSR count). The summed E-state index contributed by atoms with van der Waals surface area (Å²) < 4.78 is 36.1. The molecule has 0 saturated heterocycles. The Bertz CT molecular complexity index is 3470. The number of rotatable bonds is 24. The summed E-state index contributed by atoms with van der Waals surface area (Å²) in [7, 11) is 0. The number of alkyl halides is 2. The Morgan fingerprint density at radius 3 is 0.763 bits per heavy atom. The first-order valence-electron chi connectivity index (χ1n) is 31.8. The van der Waals surface area contributed by atoms with Crippen LogP contribution < -0.4 is 5.32 Å². The van der Waals surface area contributed by atoms with Crippen LogP contribution in [-0.2, 0) is 52.2 Å². The number of hydrogen-bond donors (Lipinski definition) is 1. The molecule has 8 aromatic carbocycles. The molecule has 6 aliphatic rings. The van der Waals surface area contributed by atoms with Crippen molar-refractivity contribution in [2.24, 2.45) is 30.0 Å². The molecule has 0 bridgehead atoms. The first kappa shape index (κ1) is 64.5. The van der Waals surface area contributed by atoms with Crippen molar-refractivity contribution in [3.63, 3.8) is 0 Å². The molecule has 15 nitrogen and oxygen atoms in total. The van der Waals surface area contributed by atoms with Gasteiger partial charge < -0.3 is 33.7 Å². The van der Waals surface area contributed by atoms with Crippen molar-refractivity contribution in [3.8, 4) is 0 Å². The fourth-order valence-corrected chi connectivity index (χ4v) is 12.4. The third-order valence-electron chi connectivity index (χ3n) is 16.4. The van der Waals surface area contributed by atoms with Gasteiger partial charge in [-0.3, -0.25) is 9.80 Å². The van der Waals surface area contributed by atoms with Gasteiger partial charge in [-0.1, -0.05) is 262 Å². The van der Waals surface area contributed by atoms with Gasteiger partial charge >= 0.3 is 0 Å². The molecule has 6 atom stereocenters. The van der Waals surface area contributed by atoms with Crippen molar-refractivity contribution in [3.05, 3.63) is 286 Å². The molecule has 0 aromatic heterocycles. The lowest BCUT2D eigenvalue weighted by atomic mass is 10.1. The monoisotopic (exact) mass is 1370 g/mol. The van der Waals surface area contributed by atoms with Crippen LogP contribution in [0.1, 0.15) is 91.9 Å². The Labute approximate surface area is 562 Å². The number of ether oxygens (including phenoxy) is 6. The van der Waals surface area contributed by atoms with Gasteiger partial charge in [-0.05, 0) is 55.6 Å². The van der Waals surface area contributed by atoms with E-state index < -0.39 is 0 Å². The zero-order valence-corrected chi connectivity index (χ0v) is 55.2. The van der Waals surface area contributed by atoms with E-state index in [0.717, 1.165) is 68.3 Å². The van der Waals surface area contributed by atoms with E-state index in [0.29, 0.717) is 92.0 Å². The van der Waals surface area contributed by atoms with Crippen molar-refractivity contribution in [1.82, 2.24) is 15.1 Å². The number of nitrogens with zero attached hydrogens (tertiary/aromatic N) is 8. The summed E-state index contributed by atoms with van der Waals surface area (Å²) in [5, 5.41) is 5.18. The summed E-state index contributed by atoms with van der Waals surface area (Å²) >= 11 is 6.81. The summed E-state index contributed by atoms with van der Waals surface area (Å²) in [5.74, 6) is 4.40. The Kier molecular flexibility index (Phi) is 23.1. The molecule has 1 N–H and O–H groups in total. The van der Waals surface area contributed by atoms with Gasteiger partial charge in [0.2, 0.25) is 0 Å². The van der Waals surface area contributed by atoms with E-state index in [1.807, 2.05) is 109 Å². The fourth-order valence-electron chi connectivity index (χ4n) is 11.7. The van der Waals surface area contributed by atoms with Crippen LogP contribution in [0.5, 0.6) is 0 Å². The van der Waals surface area contributed by atoms with Crippen molar-refractivity contribution in [1.29, 1.82) is 0 Å². The van der Waals surface area contributed by atoms with Gasteiger partial charge in [0, 0.05) is 23.7 Å². The molecule has 0 spiro atoms. The number of halogens is 2. The predicted octanol–water partition coefficient (Wildman–Crippen LogP) is 14.4. The summed E-state index contributed by atoms with van der Waals surface area (Å²) in [5.41, 5.74) is 12.0.